The molecule has 19 heavy (non-hydrogen) atoms. The number of carbonyl (C=O) groups is 1. The molecule has 0 aliphatic carbocycles. The Kier molecular flexibility index (Phi) is 3.58. The predicted molar refractivity (Wildman–Crippen MR) is 76.3 cm³/mol. The zero-order valence-electron chi connectivity index (χ0n) is 11.6. The highest BCUT2D eigenvalue weighted by Crippen LogP contribution is 2.28. The maximum absolute atomic E-state index is 12.4. The van der Waals surface area contributed by atoms with Gasteiger partial charge in [-0.15, -0.1) is 11.3 Å². The maximum Gasteiger partial charge on any atom is 0.228 e. The first-order chi connectivity index (χ1) is 9.13. The molecule has 4 nitrogen and oxygen atoms in total. The average Bonchev–Trinajstić information content (AvgIpc) is 2.84. The van der Waals surface area contributed by atoms with Crippen molar-refractivity contribution in [1.29, 1.82) is 0 Å². The third-order valence-electron chi connectivity index (χ3n) is 4.50. The molecular formula is C14H21N3OS. The van der Waals surface area contributed by atoms with E-state index in [2.05, 4.69) is 21.8 Å². The number of hydrogen-bond donors (Lipinski definition) is 0. The molecule has 1 aromatic heterocycles. The molecule has 0 saturated carbocycles. The number of likely N-dealkylation sites (N-methyl/N-ethyl adjacent to an activating group) is 1. The molecular weight excluding hydrogens is 258 g/mol. The van der Waals surface area contributed by atoms with E-state index in [-0.39, 0.29) is 5.91 Å². The molecule has 2 aliphatic heterocycles. The minimum absolute atomic E-state index is 0.242. The zero-order chi connectivity index (χ0) is 13.4. The van der Waals surface area contributed by atoms with Gasteiger partial charge in [-0.2, -0.15) is 0 Å². The molecule has 0 aromatic carbocycles. The molecule has 0 spiro atoms. The lowest BCUT2D eigenvalue weighted by Gasteiger charge is -2.25. The Labute approximate surface area is 118 Å². The summed E-state index contributed by atoms with van der Waals surface area (Å²) in [5, 5.41) is 3.04. The van der Waals surface area contributed by atoms with E-state index in [1.165, 1.54) is 12.8 Å². The van der Waals surface area contributed by atoms with Gasteiger partial charge in [0, 0.05) is 30.6 Å². The first-order valence-corrected chi connectivity index (χ1v) is 7.92. The summed E-state index contributed by atoms with van der Waals surface area (Å²) in [4.78, 5) is 21.3. The summed E-state index contributed by atoms with van der Waals surface area (Å²) in [6.45, 7) is 3.79. The normalized spacial score (nSPS) is 27.6. The molecule has 0 unspecified atom stereocenters. The number of nitrogens with zero attached hydrogens (tertiary/aromatic N) is 3. The van der Waals surface area contributed by atoms with Crippen LogP contribution in [-0.4, -0.2) is 52.9 Å². The minimum atomic E-state index is 0.242. The van der Waals surface area contributed by atoms with Gasteiger partial charge in [0.05, 0.1) is 17.1 Å². The van der Waals surface area contributed by atoms with Gasteiger partial charge in [-0.3, -0.25) is 9.69 Å². The fraction of sp³-hybridized carbons (Fsp3) is 0.714. The van der Waals surface area contributed by atoms with Crippen molar-refractivity contribution >= 4 is 17.2 Å². The lowest BCUT2D eigenvalue weighted by atomic mass is 10.1. The molecule has 3 rings (SSSR count). The number of thiazole rings is 1. The van der Waals surface area contributed by atoms with Gasteiger partial charge >= 0.3 is 0 Å². The zero-order valence-corrected chi connectivity index (χ0v) is 12.4. The summed E-state index contributed by atoms with van der Waals surface area (Å²) < 4.78 is 0. The second kappa shape index (κ2) is 5.21. The SMILES string of the molecule is Cc1nc(CC(=O)N2CC[C@@H]3CC[C@H](C2)N3C)cs1. The summed E-state index contributed by atoms with van der Waals surface area (Å²) >= 11 is 1.62. The minimum Gasteiger partial charge on any atom is -0.341 e. The average molecular weight is 279 g/mol. The Hall–Kier alpha value is -0.940. The van der Waals surface area contributed by atoms with Crippen LogP contribution in [0.15, 0.2) is 5.38 Å². The summed E-state index contributed by atoms with van der Waals surface area (Å²) in [7, 11) is 2.21. The van der Waals surface area contributed by atoms with Crippen LogP contribution in [0.2, 0.25) is 0 Å². The molecule has 1 aromatic rings. The topological polar surface area (TPSA) is 36.4 Å². The van der Waals surface area contributed by atoms with Gasteiger partial charge in [-0.05, 0) is 33.2 Å². The van der Waals surface area contributed by atoms with Gasteiger partial charge in [0.15, 0.2) is 0 Å². The van der Waals surface area contributed by atoms with Crippen molar-refractivity contribution in [2.45, 2.75) is 44.7 Å². The Bertz CT molecular complexity index is 473. The van der Waals surface area contributed by atoms with Gasteiger partial charge in [0.25, 0.3) is 0 Å². The number of aryl methyl sites for hydroxylation is 1. The number of aromatic nitrogens is 1. The van der Waals surface area contributed by atoms with Gasteiger partial charge in [0.1, 0.15) is 0 Å². The van der Waals surface area contributed by atoms with Crippen LogP contribution in [0.25, 0.3) is 0 Å². The van der Waals surface area contributed by atoms with Crippen LogP contribution < -0.4 is 0 Å². The van der Waals surface area contributed by atoms with Gasteiger partial charge < -0.3 is 4.90 Å². The van der Waals surface area contributed by atoms with E-state index in [0.29, 0.717) is 18.5 Å². The molecule has 2 fully saturated rings. The highest BCUT2D eigenvalue weighted by Gasteiger charge is 2.35. The lowest BCUT2D eigenvalue weighted by Crippen LogP contribution is -2.40. The molecule has 1 amide bonds. The second-order valence-electron chi connectivity index (χ2n) is 5.71. The van der Waals surface area contributed by atoms with Crippen molar-refractivity contribution in [2.75, 3.05) is 20.1 Å². The monoisotopic (exact) mass is 279 g/mol. The number of rotatable bonds is 2. The van der Waals surface area contributed by atoms with E-state index < -0.39 is 0 Å². The third-order valence-corrected chi connectivity index (χ3v) is 5.32. The summed E-state index contributed by atoms with van der Waals surface area (Å²) in [6, 6.07) is 1.25. The van der Waals surface area contributed by atoms with E-state index in [4.69, 9.17) is 0 Å². The number of likely N-dealkylation sites (tertiary alicyclic amines) is 1. The summed E-state index contributed by atoms with van der Waals surface area (Å²) in [5.74, 6) is 0.242. The first-order valence-electron chi connectivity index (χ1n) is 7.04. The molecule has 2 saturated heterocycles. The van der Waals surface area contributed by atoms with Crippen molar-refractivity contribution in [3.8, 4) is 0 Å². The maximum atomic E-state index is 12.4. The van der Waals surface area contributed by atoms with Crippen LogP contribution >= 0.6 is 11.3 Å². The van der Waals surface area contributed by atoms with E-state index in [1.54, 1.807) is 11.3 Å². The van der Waals surface area contributed by atoms with Crippen molar-refractivity contribution in [3.05, 3.63) is 16.1 Å². The largest absolute Gasteiger partial charge is 0.341 e. The Morgan fingerprint density at radius 2 is 2.21 bits per heavy atom. The molecule has 2 atom stereocenters. The number of amides is 1. The quantitative estimate of drug-likeness (QED) is 0.826. The smallest absolute Gasteiger partial charge is 0.228 e. The molecule has 3 heterocycles. The molecule has 0 radical (unpaired) electrons. The number of hydrogen-bond acceptors (Lipinski definition) is 4. The molecule has 0 N–H and O–H groups in total. The predicted octanol–water partition coefficient (Wildman–Crippen LogP) is 1.69. The van der Waals surface area contributed by atoms with Crippen LogP contribution in [0.3, 0.4) is 0 Å². The summed E-state index contributed by atoms with van der Waals surface area (Å²) in [6.07, 6.45) is 4.12. The Balaban J connectivity index is 1.64. The summed E-state index contributed by atoms with van der Waals surface area (Å²) in [5.41, 5.74) is 0.926. The van der Waals surface area contributed by atoms with Gasteiger partial charge in [-0.1, -0.05) is 0 Å². The fourth-order valence-corrected chi connectivity index (χ4v) is 3.90. The molecule has 5 heteroatoms. The Morgan fingerprint density at radius 3 is 2.95 bits per heavy atom. The molecule has 2 aliphatic rings. The second-order valence-corrected chi connectivity index (χ2v) is 6.78. The Morgan fingerprint density at radius 1 is 1.42 bits per heavy atom. The standard InChI is InChI=1S/C14H21N3OS/c1-10-15-11(9-19-10)7-14(18)17-6-5-12-3-4-13(8-17)16(12)2/h9,12-13H,3-8H2,1-2H3/t12-,13+/m0/s1. The van der Waals surface area contributed by atoms with E-state index in [9.17, 15) is 4.79 Å². The number of fused-ring (bicyclic) bond motifs is 2. The lowest BCUT2D eigenvalue weighted by molar-refractivity contribution is -0.130. The van der Waals surface area contributed by atoms with Crippen molar-refractivity contribution in [1.82, 2.24) is 14.8 Å². The fourth-order valence-electron chi connectivity index (χ4n) is 3.29. The van der Waals surface area contributed by atoms with Gasteiger partial charge in [0.2, 0.25) is 5.91 Å². The van der Waals surface area contributed by atoms with Crippen molar-refractivity contribution < 1.29 is 4.79 Å². The van der Waals surface area contributed by atoms with Gasteiger partial charge in [-0.25, -0.2) is 4.98 Å². The van der Waals surface area contributed by atoms with Crippen LogP contribution in [0, 0.1) is 6.92 Å². The molecule has 104 valence electrons. The highest BCUT2D eigenvalue weighted by atomic mass is 32.1. The van der Waals surface area contributed by atoms with Crippen LogP contribution in [-0.2, 0) is 11.2 Å². The number of carbonyl (C=O) groups excluding carboxylic acids is 1. The van der Waals surface area contributed by atoms with Crippen LogP contribution in [0.1, 0.15) is 30.0 Å². The van der Waals surface area contributed by atoms with Crippen LogP contribution in [0.4, 0.5) is 0 Å². The van der Waals surface area contributed by atoms with E-state index in [0.717, 1.165) is 30.2 Å². The van der Waals surface area contributed by atoms with E-state index >= 15 is 0 Å². The van der Waals surface area contributed by atoms with Crippen LogP contribution in [0.5, 0.6) is 0 Å². The van der Waals surface area contributed by atoms with Crippen molar-refractivity contribution in [3.63, 3.8) is 0 Å². The first kappa shape index (κ1) is 13.1. The third kappa shape index (κ3) is 2.67. The van der Waals surface area contributed by atoms with Crippen molar-refractivity contribution in [2.24, 2.45) is 0 Å². The molecule has 2 bridgehead atoms. The van der Waals surface area contributed by atoms with E-state index in [1.807, 2.05) is 12.3 Å². The highest BCUT2D eigenvalue weighted by molar-refractivity contribution is 7.09.